The summed E-state index contributed by atoms with van der Waals surface area (Å²) in [4.78, 5) is 23.4. The number of aromatic nitrogens is 3. The number of imidazole rings is 1. The smallest absolute Gasteiger partial charge is 0.259 e. The van der Waals surface area contributed by atoms with Crippen molar-refractivity contribution in [1.29, 1.82) is 10.8 Å². The number of nitrogens with zero attached hydrogens (tertiary/aromatic N) is 4. The van der Waals surface area contributed by atoms with E-state index in [0.29, 0.717) is 53.5 Å². The number of amidine groups is 2. The van der Waals surface area contributed by atoms with Gasteiger partial charge in [0.1, 0.15) is 23.2 Å². The van der Waals surface area contributed by atoms with Crippen LogP contribution in [0.5, 0.6) is 0 Å². The predicted octanol–water partition coefficient (Wildman–Crippen LogP) is 6.89. The molecule has 1 saturated heterocycles. The summed E-state index contributed by atoms with van der Waals surface area (Å²) in [5.74, 6) is -0.209. The van der Waals surface area contributed by atoms with E-state index in [-0.39, 0.29) is 23.3 Å². The molecule has 2 aromatic heterocycles. The topological polar surface area (TPSA) is 111 Å². The molecule has 10 heteroatoms. The maximum absolute atomic E-state index is 15.1. The summed E-state index contributed by atoms with van der Waals surface area (Å²) in [6.07, 6.45) is 8.49. The minimum atomic E-state index is -0.732. The van der Waals surface area contributed by atoms with Crippen LogP contribution in [-0.2, 0) is 4.87 Å². The molecule has 1 atom stereocenters. The van der Waals surface area contributed by atoms with Crippen molar-refractivity contribution in [3.8, 4) is 5.69 Å². The Morgan fingerprint density at radius 3 is 2.55 bits per heavy atom. The highest BCUT2D eigenvalue weighted by molar-refractivity contribution is 6.24. The number of halogens is 2. The van der Waals surface area contributed by atoms with Crippen molar-refractivity contribution in [2.24, 2.45) is 0 Å². The van der Waals surface area contributed by atoms with Crippen molar-refractivity contribution in [2.45, 2.75) is 83.1 Å². The lowest BCUT2D eigenvalue weighted by Crippen LogP contribution is -2.37. The Morgan fingerprint density at radius 1 is 1.20 bits per heavy atom. The molecule has 3 heterocycles. The average molecular weight is 564 g/mol. The molecule has 1 aliphatic carbocycles. The Hall–Kier alpha value is -3.59. The third kappa shape index (κ3) is 5.27. The molecule has 1 aromatic carbocycles. The van der Waals surface area contributed by atoms with Crippen LogP contribution in [0.25, 0.3) is 5.69 Å². The lowest BCUT2D eigenvalue weighted by Gasteiger charge is -2.28. The third-order valence-electron chi connectivity index (χ3n) is 8.13. The standard InChI is InChI=1S/C30H35ClFN7O/c1-5-30(31,6-2)20-12-23(28(34)39-18(4)7-10-26(39)33)36-27(13-20)37-29(40)21-14-25(17(3)11-22(21)32)38-15-24(35-16-38)19-8-9-19/h11-16,18-19,33-34H,5-10H2,1-4H3,(H,36,37,40)/t18-/m0/s1. The van der Waals surface area contributed by atoms with Crippen molar-refractivity contribution in [3.05, 3.63) is 70.7 Å². The SMILES string of the molecule is CCC(Cl)(CC)c1cc(NC(=O)c2cc(-n3cnc(C4CC4)c3)c(C)cc2F)nc(C(=N)N2C(=N)CC[C@@H]2C)c1. The maximum atomic E-state index is 15.1. The van der Waals surface area contributed by atoms with Crippen molar-refractivity contribution in [3.63, 3.8) is 0 Å². The van der Waals surface area contributed by atoms with Gasteiger partial charge in [0.15, 0.2) is 5.84 Å². The molecule has 0 unspecified atom stereocenters. The van der Waals surface area contributed by atoms with Gasteiger partial charge in [0, 0.05) is 24.6 Å². The highest BCUT2D eigenvalue weighted by Crippen LogP contribution is 2.40. The van der Waals surface area contributed by atoms with Crippen LogP contribution in [0.1, 0.15) is 98.1 Å². The monoisotopic (exact) mass is 563 g/mol. The molecule has 1 aliphatic heterocycles. The first-order chi connectivity index (χ1) is 19.0. The van der Waals surface area contributed by atoms with Gasteiger partial charge in [0.2, 0.25) is 0 Å². The number of aryl methyl sites for hydroxylation is 1. The van der Waals surface area contributed by atoms with Crippen LogP contribution < -0.4 is 5.32 Å². The van der Waals surface area contributed by atoms with Crippen molar-refractivity contribution >= 4 is 35.0 Å². The lowest BCUT2D eigenvalue weighted by molar-refractivity contribution is 0.102. The van der Waals surface area contributed by atoms with Gasteiger partial charge in [0.05, 0.1) is 28.1 Å². The first-order valence-electron chi connectivity index (χ1n) is 13.9. The van der Waals surface area contributed by atoms with E-state index in [2.05, 4.69) is 15.3 Å². The number of likely N-dealkylation sites (tertiary alicyclic amines) is 1. The van der Waals surface area contributed by atoms with Gasteiger partial charge >= 0.3 is 0 Å². The van der Waals surface area contributed by atoms with Gasteiger partial charge in [-0.25, -0.2) is 14.4 Å². The molecular formula is C30H35ClFN7O. The van der Waals surface area contributed by atoms with E-state index in [1.807, 2.05) is 31.5 Å². The zero-order valence-corrected chi connectivity index (χ0v) is 24.1. The van der Waals surface area contributed by atoms with Gasteiger partial charge in [-0.05, 0) is 81.3 Å². The van der Waals surface area contributed by atoms with Crippen LogP contribution in [0.2, 0.25) is 0 Å². The number of carbonyl (C=O) groups is 1. The number of benzene rings is 1. The Balaban J connectivity index is 1.50. The van der Waals surface area contributed by atoms with Crippen LogP contribution >= 0.6 is 11.6 Å². The Bertz CT molecular complexity index is 1490. The second-order valence-electron chi connectivity index (χ2n) is 10.9. The molecule has 5 rings (SSSR count). The van der Waals surface area contributed by atoms with Gasteiger partial charge in [-0.1, -0.05) is 13.8 Å². The summed E-state index contributed by atoms with van der Waals surface area (Å²) in [7, 11) is 0. The maximum Gasteiger partial charge on any atom is 0.259 e. The van der Waals surface area contributed by atoms with Gasteiger partial charge in [0.25, 0.3) is 5.91 Å². The number of pyridine rings is 1. The van der Waals surface area contributed by atoms with Crippen LogP contribution in [-0.4, -0.2) is 43.1 Å². The van der Waals surface area contributed by atoms with E-state index in [0.717, 1.165) is 25.0 Å². The molecule has 40 heavy (non-hydrogen) atoms. The fraction of sp³-hybridized carbons (Fsp3) is 0.433. The summed E-state index contributed by atoms with van der Waals surface area (Å²) in [6, 6.07) is 6.33. The van der Waals surface area contributed by atoms with Crippen LogP contribution in [0, 0.1) is 23.6 Å². The van der Waals surface area contributed by atoms with E-state index in [9.17, 15) is 4.79 Å². The molecule has 3 N–H and O–H groups in total. The average Bonchev–Trinajstić information content (AvgIpc) is 3.57. The molecule has 0 radical (unpaired) electrons. The highest BCUT2D eigenvalue weighted by Gasteiger charge is 2.32. The fourth-order valence-corrected chi connectivity index (χ4v) is 5.44. The Labute approximate surface area is 239 Å². The number of amides is 1. The summed E-state index contributed by atoms with van der Waals surface area (Å²) in [5, 5.41) is 19.9. The highest BCUT2D eigenvalue weighted by atomic mass is 35.5. The normalized spacial score (nSPS) is 17.4. The van der Waals surface area contributed by atoms with Crippen LogP contribution in [0.3, 0.4) is 0 Å². The van der Waals surface area contributed by atoms with Crippen LogP contribution in [0.15, 0.2) is 36.8 Å². The fourth-order valence-electron chi connectivity index (χ4n) is 5.33. The van der Waals surface area contributed by atoms with Crippen molar-refractivity contribution in [1.82, 2.24) is 19.4 Å². The molecule has 1 saturated carbocycles. The minimum Gasteiger partial charge on any atom is -0.311 e. The number of anilines is 1. The number of carbonyl (C=O) groups excluding carboxylic acids is 1. The largest absolute Gasteiger partial charge is 0.311 e. The van der Waals surface area contributed by atoms with Gasteiger partial charge in [-0.2, -0.15) is 0 Å². The minimum absolute atomic E-state index is 0.00899. The number of hydrogen-bond acceptors (Lipinski definition) is 5. The number of alkyl halides is 1. The molecular weight excluding hydrogens is 529 g/mol. The number of hydrogen-bond donors (Lipinski definition) is 3. The number of nitrogens with one attached hydrogen (secondary N) is 3. The van der Waals surface area contributed by atoms with Crippen molar-refractivity contribution < 1.29 is 9.18 Å². The predicted molar refractivity (Wildman–Crippen MR) is 156 cm³/mol. The first kappa shape index (κ1) is 28.0. The van der Waals surface area contributed by atoms with E-state index in [1.54, 1.807) is 30.3 Å². The van der Waals surface area contributed by atoms with Gasteiger partial charge < -0.3 is 14.8 Å². The van der Waals surface area contributed by atoms with Crippen LogP contribution in [0.4, 0.5) is 10.2 Å². The molecule has 210 valence electrons. The summed E-state index contributed by atoms with van der Waals surface area (Å²) in [6.45, 7) is 7.73. The third-order valence-corrected chi connectivity index (χ3v) is 8.88. The molecule has 2 aliphatic rings. The second-order valence-corrected chi connectivity index (χ2v) is 11.6. The zero-order chi connectivity index (χ0) is 28.8. The van der Waals surface area contributed by atoms with E-state index >= 15 is 4.39 Å². The summed E-state index contributed by atoms with van der Waals surface area (Å²) < 4.78 is 17.0. The molecule has 0 bridgehead atoms. The zero-order valence-electron chi connectivity index (χ0n) is 23.3. The van der Waals surface area contributed by atoms with Gasteiger partial charge in [-0.3, -0.25) is 15.6 Å². The molecule has 0 spiro atoms. The Morgan fingerprint density at radius 2 is 1.93 bits per heavy atom. The lowest BCUT2D eigenvalue weighted by atomic mass is 9.92. The second kappa shape index (κ2) is 10.8. The Kier molecular flexibility index (Phi) is 7.52. The molecule has 3 aromatic rings. The number of rotatable bonds is 8. The molecule has 2 fully saturated rings. The first-order valence-corrected chi connectivity index (χ1v) is 14.2. The van der Waals surface area contributed by atoms with E-state index in [4.69, 9.17) is 22.4 Å². The van der Waals surface area contributed by atoms with E-state index in [1.165, 1.54) is 12.1 Å². The summed E-state index contributed by atoms with van der Waals surface area (Å²) >= 11 is 6.98. The summed E-state index contributed by atoms with van der Waals surface area (Å²) in [5.41, 5.74) is 3.25. The van der Waals surface area contributed by atoms with Crippen molar-refractivity contribution in [2.75, 3.05) is 5.32 Å². The van der Waals surface area contributed by atoms with E-state index < -0.39 is 16.6 Å². The molecule has 8 nitrogen and oxygen atoms in total. The quantitative estimate of drug-likeness (QED) is 0.157. The molecule has 1 amide bonds. The van der Waals surface area contributed by atoms with Gasteiger partial charge in [-0.15, -0.1) is 11.6 Å².